The van der Waals surface area contributed by atoms with Crippen LogP contribution >= 0.6 is 0 Å². The largest absolute Gasteiger partial charge is 0.497 e. The Bertz CT molecular complexity index is 1030. The van der Waals surface area contributed by atoms with Crippen LogP contribution in [-0.2, 0) is 6.42 Å². The second kappa shape index (κ2) is 9.19. The highest BCUT2D eigenvalue weighted by atomic mass is 16.5. The predicted molar refractivity (Wildman–Crippen MR) is 127 cm³/mol. The summed E-state index contributed by atoms with van der Waals surface area (Å²) in [5, 5.41) is 6.62. The summed E-state index contributed by atoms with van der Waals surface area (Å²) in [4.78, 5) is 25.6. The van der Waals surface area contributed by atoms with Gasteiger partial charge in [-0.2, -0.15) is 0 Å². The second-order valence-corrected chi connectivity index (χ2v) is 9.52. The molecule has 2 aromatic rings. The lowest BCUT2D eigenvalue weighted by Gasteiger charge is -2.35. The van der Waals surface area contributed by atoms with E-state index in [-0.39, 0.29) is 23.3 Å². The third-order valence-corrected chi connectivity index (χ3v) is 6.36. The van der Waals surface area contributed by atoms with Crippen molar-refractivity contribution in [3.05, 3.63) is 70.8 Å². The first-order chi connectivity index (χ1) is 15.3. The Labute approximate surface area is 190 Å². The molecule has 0 saturated heterocycles. The van der Waals surface area contributed by atoms with Crippen molar-refractivity contribution >= 4 is 17.4 Å². The van der Waals surface area contributed by atoms with Crippen LogP contribution in [0.4, 0.5) is 0 Å². The second-order valence-electron chi connectivity index (χ2n) is 9.52. The number of rotatable bonds is 5. The number of methoxy groups -OCH3 is 1. The maximum Gasteiger partial charge on any atom is 0.251 e. The van der Waals surface area contributed by atoms with Crippen LogP contribution in [-0.4, -0.2) is 30.4 Å². The summed E-state index contributed by atoms with van der Waals surface area (Å²) in [6.07, 6.45) is 8.21. The Kier molecular flexibility index (Phi) is 6.35. The van der Waals surface area contributed by atoms with Gasteiger partial charge in [0.2, 0.25) is 0 Å². The minimum Gasteiger partial charge on any atom is -0.497 e. The van der Waals surface area contributed by atoms with E-state index in [0.29, 0.717) is 11.1 Å². The normalized spacial score (nSPS) is 19.0. The van der Waals surface area contributed by atoms with E-state index in [0.717, 1.165) is 36.3 Å². The summed E-state index contributed by atoms with van der Waals surface area (Å²) in [6.45, 7) is 4.25. The van der Waals surface area contributed by atoms with Crippen molar-refractivity contribution in [1.29, 1.82) is 0 Å². The van der Waals surface area contributed by atoms with Crippen LogP contribution in [0.2, 0.25) is 0 Å². The highest BCUT2D eigenvalue weighted by Gasteiger charge is 2.28. The van der Waals surface area contributed by atoms with Crippen LogP contribution in [0.15, 0.2) is 48.5 Å². The first-order valence-electron chi connectivity index (χ1n) is 11.5. The molecular weight excluding hydrogens is 400 g/mol. The fourth-order valence-corrected chi connectivity index (χ4v) is 4.67. The highest BCUT2D eigenvalue weighted by molar-refractivity contribution is 6.09. The van der Waals surface area contributed by atoms with Gasteiger partial charge in [-0.15, -0.1) is 0 Å². The molecule has 4 rings (SSSR count). The van der Waals surface area contributed by atoms with Gasteiger partial charge in [0.25, 0.3) is 5.91 Å². The Hall–Kier alpha value is -3.08. The van der Waals surface area contributed by atoms with Crippen LogP contribution in [0.3, 0.4) is 0 Å². The summed E-state index contributed by atoms with van der Waals surface area (Å²) in [5.74, 6) is 0.598. The lowest BCUT2D eigenvalue weighted by Crippen LogP contribution is -2.43. The van der Waals surface area contributed by atoms with Gasteiger partial charge in [0.05, 0.1) is 7.11 Å². The van der Waals surface area contributed by atoms with E-state index in [1.165, 1.54) is 24.8 Å². The fraction of sp³-hybridized carbons (Fsp3) is 0.407. The Morgan fingerprint density at radius 2 is 1.72 bits per heavy atom. The molecule has 0 unspecified atom stereocenters. The molecule has 2 N–H and O–H groups in total. The van der Waals surface area contributed by atoms with E-state index in [1.54, 1.807) is 37.5 Å². The average molecular weight is 433 g/mol. The number of carbonyl (C=O) groups excluding carboxylic acids is 2. The molecule has 1 amide bonds. The molecule has 168 valence electrons. The van der Waals surface area contributed by atoms with Crippen molar-refractivity contribution in [1.82, 2.24) is 10.6 Å². The molecule has 0 bridgehead atoms. The van der Waals surface area contributed by atoms with Gasteiger partial charge in [0, 0.05) is 40.0 Å². The van der Waals surface area contributed by atoms with Crippen molar-refractivity contribution < 1.29 is 14.3 Å². The Morgan fingerprint density at radius 1 is 1.03 bits per heavy atom. The summed E-state index contributed by atoms with van der Waals surface area (Å²) < 4.78 is 5.38. The lowest BCUT2D eigenvalue weighted by atomic mass is 9.85. The number of hydrogen-bond acceptors (Lipinski definition) is 4. The predicted octanol–water partition coefficient (Wildman–Crippen LogP) is 4.91. The van der Waals surface area contributed by atoms with Gasteiger partial charge in [-0.3, -0.25) is 9.59 Å². The molecule has 0 atom stereocenters. The van der Waals surface area contributed by atoms with Gasteiger partial charge < -0.3 is 15.4 Å². The van der Waals surface area contributed by atoms with Crippen molar-refractivity contribution in [3.8, 4) is 5.75 Å². The topological polar surface area (TPSA) is 67.4 Å². The minimum atomic E-state index is -0.158. The molecular formula is C27H32N2O3. The molecule has 5 nitrogen and oxygen atoms in total. The van der Waals surface area contributed by atoms with Crippen molar-refractivity contribution in [2.45, 2.75) is 64.0 Å². The summed E-state index contributed by atoms with van der Waals surface area (Å²) >= 11 is 0. The molecule has 1 fully saturated rings. The number of nitrogens with one attached hydrogen (secondary N) is 2. The number of fused-ring (bicyclic) bond motifs is 1. The third-order valence-electron chi connectivity index (χ3n) is 6.36. The number of ketones is 1. The van der Waals surface area contributed by atoms with E-state index in [9.17, 15) is 9.59 Å². The SMILES string of the molecule is COc1ccc2c(c1)C(=CC(=O)c1ccc(C(=O)NC3CCCCC3)cc1)NC(C)(C)C2. The van der Waals surface area contributed by atoms with Gasteiger partial charge in [-0.1, -0.05) is 37.5 Å². The summed E-state index contributed by atoms with van der Waals surface area (Å²) in [6, 6.07) is 13.2. The van der Waals surface area contributed by atoms with Gasteiger partial charge in [0.15, 0.2) is 5.78 Å². The zero-order valence-corrected chi connectivity index (χ0v) is 19.2. The average Bonchev–Trinajstić information content (AvgIpc) is 2.79. The van der Waals surface area contributed by atoms with E-state index >= 15 is 0 Å². The summed E-state index contributed by atoms with van der Waals surface area (Å²) in [5.41, 5.74) is 3.95. The van der Waals surface area contributed by atoms with Crippen molar-refractivity contribution in [2.75, 3.05) is 7.11 Å². The molecule has 2 aliphatic rings. The van der Waals surface area contributed by atoms with Crippen LogP contribution in [0.5, 0.6) is 5.75 Å². The number of hydrogen-bond donors (Lipinski definition) is 2. The van der Waals surface area contributed by atoms with Gasteiger partial charge >= 0.3 is 0 Å². The number of amides is 1. The van der Waals surface area contributed by atoms with Gasteiger partial charge in [-0.25, -0.2) is 0 Å². The number of ether oxygens (including phenoxy) is 1. The van der Waals surface area contributed by atoms with Crippen LogP contribution in [0.1, 0.15) is 77.8 Å². The van der Waals surface area contributed by atoms with Gasteiger partial charge in [-0.05, 0) is 62.9 Å². The third kappa shape index (κ3) is 5.04. The zero-order chi connectivity index (χ0) is 22.7. The van der Waals surface area contributed by atoms with Crippen molar-refractivity contribution in [3.63, 3.8) is 0 Å². The van der Waals surface area contributed by atoms with Crippen LogP contribution in [0, 0.1) is 0 Å². The standard InChI is InChI=1S/C27H32N2O3/c1-27(2)17-20-13-14-22(32-3)15-23(20)24(29-27)16-25(30)18-9-11-19(12-10-18)26(31)28-21-7-5-4-6-8-21/h9-16,21,29H,4-8,17H2,1-3H3,(H,28,31). The van der Waals surface area contributed by atoms with Crippen molar-refractivity contribution in [2.24, 2.45) is 0 Å². The molecule has 32 heavy (non-hydrogen) atoms. The van der Waals surface area contributed by atoms with Crippen LogP contribution in [0.25, 0.3) is 5.70 Å². The molecule has 0 spiro atoms. The molecule has 2 aromatic carbocycles. The fourth-order valence-electron chi connectivity index (χ4n) is 4.67. The molecule has 1 aliphatic carbocycles. The molecule has 1 aliphatic heterocycles. The molecule has 1 heterocycles. The highest BCUT2D eigenvalue weighted by Crippen LogP contribution is 2.32. The number of carbonyl (C=O) groups is 2. The van der Waals surface area contributed by atoms with Crippen LogP contribution < -0.4 is 15.4 Å². The number of benzene rings is 2. The molecule has 1 saturated carbocycles. The smallest absolute Gasteiger partial charge is 0.251 e. The zero-order valence-electron chi connectivity index (χ0n) is 19.2. The van der Waals surface area contributed by atoms with Gasteiger partial charge in [0.1, 0.15) is 5.75 Å². The number of allylic oxidation sites excluding steroid dienone is 1. The lowest BCUT2D eigenvalue weighted by molar-refractivity contribution is 0.0926. The molecule has 0 aromatic heterocycles. The summed E-state index contributed by atoms with van der Waals surface area (Å²) in [7, 11) is 1.64. The quantitative estimate of drug-likeness (QED) is 0.521. The Balaban J connectivity index is 1.52. The maximum absolute atomic E-state index is 13.0. The van der Waals surface area contributed by atoms with E-state index in [2.05, 4.69) is 30.5 Å². The van der Waals surface area contributed by atoms with E-state index in [1.807, 2.05) is 12.1 Å². The molecule has 5 heteroatoms. The van der Waals surface area contributed by atoms with E-state index in [4.69, 9.17) is 4.74 Å². The first-order valence-corrected chi connectivity index (χ1v) is 11.5. The maximum atomic E-state index is 13.0. The minimum absolute atomic E-state index is 0.0639. The van der Waals surface area contributed by atoms with E-state index < -0.39 is 0 Å². The monoisotopic (exact) mass is 432 g/mol. The first kappa shape index (κ1) is 22.1. The molecule has 0 radical (unpaired) electrons. The Morgan fingerprint density at radius 3 is 2.41 bits per heavy atom.